The molecule has 34 heavy (non-hydrogen) atoms. The van der Waals surface area contributed by atoms with Crippen LogP contribution in [0.15, 0.2) is 67.0 Å². The molecule has 0 aliphatic heterocycles. The van der Waals surface area contributed by atoms with Crippen molar-refractivity contribution >= 4 is 38.5 Å². The lowest BCUT2D eigenvalue weighted by Crippen LogP contribution is -2.40. The Morgan fingerprint density at radius 3 is 2.56 bits per heavy atom. The summed E-state index contributed by atoms with van der Waals surface area (Å²) in [5, 5.41) is 4.94. The Morgan fingerprint density at radius 2 is 1.76 bits per heavy atom. The lowest BCUT2D eigenvalue weighted by Gasteiger charge is -2.30. The second-order valence-corrected chi connectivity index (χ2v) is 10.9. The highest BCUT2D eigenvalue weighted by Crippen LogP contribution is 2.31. The topological polar surface area (TPSA) is 99.8 Å². The molecule has 176 valence electrons. The molecule has 7 nitrogen and oxygen atoms in total. The van der Waals surface area contributed by atoms with Gasteiger partial charge in [-0.05, 0) is 61.1 Å². The van der Waals surface area contributed by atoms with Crippen molar-refractivity contribution in [2.24, 2.45) is 0 Å². The summed E-state index contributed by atoms with van der Waals surface area (Å²) in [4.78, 5) is 12.0. The number of rotatable bonds is 7. The van der Waals surface area contributed by atoms with Gasteiger partial charge >= 0.3 is 0 Å². The molecule has 1 fully saturated rings. The molecule has 5 rings (SSSR count). The largest absolute Gasteiger partial charge is 0.367 e. The molecule has 0 saturated heterocycles. The van der Waals surface area contributed by atoms with Crippen LogP contribution in [-0.4, -0.2) is 35.5 Å². The van der Waals surface area contributed by atoms with Gasteiger partial charge in [-0.25, -0.2) is 23.1 Å². The van der Waals surface area contributed by atoms with E-state index in [2.05, 4.69) is 25.0 Å². The van der Waals surface area contributed by atoms with Crippen LogP contribution < -0.4 is 10.0 Å². The maximum Gasteiger partial charge on any atom is 0.216 e. The molecule has 3 heterocycles. The van der Waals surface area contributed by atoms with Gasteiger partial charge in [0.25, 0.3) is 0 Å². The molecule has 1 saturated carbocycles. The third-order valence-corrected chi connectivity index (χ3v) is 7.78. The number of H-pyrrole nitrogens is 1. The van der Waals surface area contributed by atoms with Crippen molar-refractivity contribution in [3.63, 3.8) is 0 Å². The highest BCUT2D eigenvalue weighted by molar-refractivity contribution is 7.88. The van der Waals surface area contributed by atoms with Gasteiger partial charge in [-0.15, -0.1) is 0 Å². The maximum atomic E-state index is 12.6. The fourth-order valence-corrected chi connectivity index (χ4v) is 6.24. The van der Waals surface area contributed by atoms with Crippen molar-refractivity contribution in [2.45, 2.75) is 43.5 Å². The minimum atomic E-state index is -3.37. The van der Waals surface area contributed by atoms with Crippen LogP contribution in [-0.2, 0) is 15.8 Å². The molecule has 3 N–H and O–H groups in total. The minimum Gasteiger partial charge on any atom is -0.367 e. The summed E-state index contributed by atoms with van der Waals surface area (Å²) in [6, 6.07) is 17.2. The standard InChI is InChI=1S/C25H26ClN5O2S/c26-23-13-18(22-15-28-25-21(22)7-4-12-27-25)14-24(30-23)29-19-8-10-20(11-9-19)31-34(32,33)16-17-5-2-1-3-6-17/h1-7,12-15,19-20,31H,8-11,16H2,(H,27,28)(H,29,30). The quantitative estimate of drug-likeness (QED) is 0.309. The second-order valence-electron chi connectivity index (χ2n) is 8.72. The van der Waals surface area contributed by atoms with Gasteiger partial charge in [-0.1, -0.05) is 41.9 Å². The van der Waals surface area contributed by atoms with E-state index in [4.69, 9.17) is 11.6 Å². The third-order valence-electron chi connectivity index (χ3n) is 6.18. The van der Waals surface area contributed by atoms with Crippen LogP contribution in [0.25, 0.3) is 22.2 Å². The van der Waals surface area contributed by atoms with Gasteiger partial charge in [0, 0.05) is 35.4 Å². The van der Waals surface area contributed by atoms with Crippen molar-refractivity contribution in [1.82, 2.24) is 19.7 Å². The molecule has 0 radical (unpaired) electrons. The zero-order valence-corrected chi connectivity index (χ0v) is 20.1. The van der Waals surface area contributed by atoms with Gasteiger partial charge in [-0.3, -0.25) is 0 Å². The number of pyridine rings is 2. The fourth-order valence-electron chi connectivity index (χ4n) is 4.58. The second kappa shape index (κ2) is 9.74. The van der Waals surface area contributed by atoms with E-state index in [1.807, 2.05) is 60.8 Å². The lowest BCUT2D eigenvalue weighted by molar-refractivity contribution is 0.387. The SMILES string of the molecule is O=S(=O)(Cc1ccccc1)NC1CCC(Nc2cc(-c3c[nH]c4ncccc34)cc(Cl)n2)CC1. The number of nitrogens with zero attached hydrogens (tertiary/aromatic N) is 2. The molecular weight excluding hydrogens is 470 g/mol. The Balaban J connectivity index is 1.21. The number of aromatic amines is 1. The summed E-state index contributed by atoms with van der Waals surface area (Å²) in [6.45, 7) is 0. The van der Waals surface area contributed by atoms with Crippen LogP contribution in [0.1, 0.15) is 31.2 Å². The fraction of sp³-hybridized carbons (Fsp3) is 0.280. The minimum absolute atomic E-state index is 0.00455. The summed E-state index contributed by atoms with van der Waals surface area (Å²) < 4.78 is 28.0. The summed E-state index contributed by atoms with van der Waals surface area (Å²) in [5.74, 6) is 0.721. The summed E-state index contributed by atoms with van der Waals surface area (Å²) in [7, 11) is -3.37. The van der Waals surface area contributed by atoms with Crippen molar-refractivity contribution in [1.29, 1.82) is 0 Å². The van der Waals surface area contributed by atoms with E-state index in [9.17, 15) is 8.42 Å². The average molecular weight is 496 g/mol. The van der Waals surface area contributed by atoms with Gasteiger partial charge in [0.1, 0.15) is 16.6 Å². The number of hydrogen-bond donors (Lipinski definition) is 3. The van der Waals surface area contributed by atoms with Gasteiger partial charge in [0.05, 0.1) is 5.75 Å². The third kappa shape index (κ3) is 5.41. The van der Waals surface area contributed by atoms with Crippen molar-refractivity contribution in [3.05, 3.63) is 77.7 Å². The zero-order valence-electron chi connectivity index (χ0n) is 18.5. The van der Waals surface area contributed by atoms with E-state index in [-0.39, 0.29) is 17.8 Å². The molecule has 1 aromatic carbocycles. The molecule has 0 atom stereocenters. The molecule has 1 aliphatic rings. The van der Waals surface area contributed by atoms with Crippen LogP contribution in [0.2, 0.25) is 5.15 Å². The van der Waals surface area contributed by atoms with E-state index in [0.29, 0.717) is 11.0 Å². The smallest absolute Gasteiger partial charge is 0.216 e. The summed E-state index contributed by atoms with van der Waals surface area (Å²) in [5.41, 5.74) is 3.60. The first-order valence-electron chi connectivity index (χ1n) is 11.4. The van der Waals surface area contributed by atoms with Gasteiger partial charge in [0.2, 0.25) is 10.0 Å². The molecule has 0 bridgehead atoms. The van der Waals surface area contributed by atoms with Crippen LogP contribution >= 0.6 is 11.6 Å². The number of fused-ring (bicyclic) bond motifs is 1. The molecule has 9 heteroatoms. The monoisotopic (exact) mass is 495 g/mol. The Hall–Kier alpha value is -2.94. The van der Waals surface area contributed by atoms with E-state index in [1.165, 1.54) is 0 Å². The molecule has 1 aliphatic carbocycles. The van der Waals surface area contributed by atoms with Gasteiger partial charge in [0.15, 0.2) is 0 Å². The van der Waals surface area contributed by atoms with E-state index in [1.54, 1.807) is 6.20 Å². The first kappa shape index (κ1) is 22.8. The maximum absolute atomic E-state index is 12.6. The predicted molar refractivity (Wildman–Crippen MR) is 136 cm³/mol. The highest BCUT2D eigenvalue weighted by atomic mass is 35.5. The van der Waals surface area contributed by atoms with Crippen molar-refractivity contribution < 1.29 is 8.42 Å². The average Bonchev–Trinajstić information content (AvgIpc) is 3.24. The molecule has 0 spiro atoms. The van der Waals surface area contributed by atoms with E-state index < -0.39 is 10.0 Å². The molecule has 0 amide bonds. The number of nitrogens with one attached hydrogen (secondary N) is 3. The molecule has 0 unspecified atom stereocenters. The molecule has 3 aromatic heterocycles. The number of benzene rings is 1. The Kier molecular flexibility index (Phi) is 6.54. The Labute approximate surface area is 204 Å². The molecule has 4 aromatic rings. The predicted octanol–water partition coefficient (Wildman–Crippen LogP) is 5.12. The first-order valence-corrected chi connectivity index (χ1v) is 13.4. The lowest BCUT2D eigenvalue weighted by atomic mass is 9.92. The Morgan fingerprint density at radius 1 is 1.00 bits per heavy atom. The van der Waals surface area contributed by atoms with Crippen molar-refractivity contribution in [2.75, 3.05) is 5.32 Å². The number of halogens is 1. The van der Waals surface area contributed by atoms with E-state index >= 15 is 0 Å². The summed E-state index contributed by atoms with van der Waals surface area (Å²) in [6.07, 6.45) is 6.92. The van der Waals surface area contributed by atoms with Crippen LogP contribution in [0.5, 0.6) is 0 Å². The van der Waals surface area contributed by atoms with Crippen LogP contribution in [0, 0.1) is 0 Å². The van der Waals surface area contributed by atoms with Gasteiger partial charge in [-0.2, -0.15) is 0 Å². The van der Waals surface area contributed by atoms with Crippen LogP contribution in [0.4, 0.5) is 5.82 Å². The Bertz CT molecular complexity index is 1380. The number of aromatic nitrogens is 3. The van der Waals surface area contributed by atoms with E-state index in [0.717, 1.165) is 53.4 Å². The normalized spacial score (nSPS) is 18.7. The summed E-state index contributed by atoms with van der Waals surface area (Å²) >= 11 is 6.34. The highest BCUT2D eigenvalue weighted by Gasteiger charge is 2.25. The number of hydrogen-bond acceptors (Lipinski definition) is 5. The molecular formula is C25H26ClN5O2S. The first-order chi connectivity index (χ1) is 16.4. The van der Waals surface area contributed by atoms with Crippen LogP contribution in [0.3, 0.4) is 0 Å². The van der Waals surface area contributed by atoms with Crippen molar-refractivity contribution in [3.8, 4) is 11.1 Å². The number of anilines is 1. The van der Waals surface area contributed by atoms with Gasteiger partial charge < -0.3 is 10.3 Å². The zero-order chi connectivity index (χ0) is 23.5. The number of sulfonamides is 1.